The highest BCUT2D eigenvalue weighted by Crippen LogP contribution is 2.23. The van der Waals surface area contributed by atoms with Gasteiger partial charge in [-0.3, -0.25) is 0 Å². The van der Waals surface area contributed by atoms with Crippen molar-refractivity contribution in [2.45, 2.75) is 0 Å². The average Bonchev–Trinajstić information content (AvgIpc) is 2.33. The molecule has 0 spiro atoms. The van der Waals surface area contributed by atoms with Gasteiger partial charge in [-0.05, 0) is 39.2 Å². The molecule has 0 unspecified atom stereocenters. The number of methoxy groups -OCH3 is 1. The topological polar surface area (TPSA) is 75.1 Å². The molecular formula is C10H7BrFN3O2. The first-order valence-corrected chi connectivity index (χ1v) is 5.18. The lowest BCUT2D eigenvalue weighted by atomic mass is 10.2. The van der Waals surface area contributed by atoms with Gasteiger partial charge in [-0.15, -0.1) is 0 Å². The molecule has 0 saturated heterocycles. The van der Waals surface area contributed by atoms with Crippen molar-refractivity contribution < 1.29 is 13.9 Å². The second kappa shape index (κ2) is 6.03. The maximum Gasteiger partial charge on any atom is 0.340 e. The van der Waals surface area contributed by atoms with Crippen LogP contribution in [0.1, 0.15) is 5.56 Å². The molecule has 0 saturated carbocycles. The summed E-state index contributed by atoms with van der Waals surface area (Å²) in [4.78, 5) is 13.7. The summed E-state index contributed by atoms with van der Waals surface area (Å²) in [7, 11) is 1.16. The molecule has 17 heavy (non-hydrogen) atoms. The van der Waals surface area contributed by atoms with E-state index in [-0.39, 0.29) is 10.2 Å². The van der Waals surface area contributed by atoms with E-state index < -0.39 is 11.8 Å². The molecule has 1 rings (SSSR count). The van der Waals surface area contributed by atoms with Gasteiger partial charge >= 0.3 is 5.97 Å². The first kappa shape index (κ1) is 13.2. The van der Waals surface area contributed by atoms with Crippen LogP contribution in [0.25, 0.3) is 16.5 Å². The van der Waals surface area contributed by atoms with Gasteiger partial charge in [-0.25, -0.2) is 9.18 Å². The third-order valence-corrected chi connectivity index (χ3v) is 2.66. The average molecular weight is 300 g/mol. The molecular weight excluding hydrogens is 293 g/mol. The molecule has 0 radical (unpaired) electrons. The van der Waals surface area contributed by atoms with Gasteiger partial charge in [0.25, 0.3) is 0 Å². The number of benzene rings is 1. The van der Waals surface area contributed by atoms with E-state index in [4.69, 9.17) is 5.53 Å². The Morgan fingerprint density at radius 3 is 2.94 bits per heavy atom. The number of carbonyl (C=O) groups is 1. The van der Waals surface area contributed by atoms with E-state index in [9.17, 15) is 9.18 Å². The van der Waals surface area contributed by atoms with Crippen molar-refractivity contribution >= 4 is 28.0 Å². The van der Waals surface area contributed by atoms with Crippen LogP contribution in [0.15, 0.2) is 33.5 Å². The van der Waals surface area contributed by atoms with Crippen molar-refractivity contribution in [3.63, 3.8) is 0 Å². The van der Waals surface area contributed by atoms with Crippen molar-refractivity contribution in [1.29, 1.82) is 0 Å². The number of ether oxygens (including phenoxy) is 1. The minimum Gasteiger partial charge on any atom is -0.466 e. The first-order chi connectivity index (χ1) is 8.10. The molecule has 1 aromatic rings. The van der Waals surface area contributed by atoms with Gasteiger partial charge in [-0.1, -0.05) is 17.2 Å². The van der Waals surface area contributed by atoms with Crippen LogP contribution >= 0.6 is 15.9 Å². The SMILES string of the molecule is COC(=O)/C(=C/c1cccc(F)c1Br)N=[N+]=[N-]. The lowest BCUT2D eigenvalue weighted by Crippen LogP contribution is -2.02. The van der Waals surface area contributed by atoms with Gasteiger partial charge in [0.05, 0.1) is 11.6 Å². The Morgan fingerprint density at radius 2 is 2.35 bits per heavy atom. The van der Waals surface area contributed by atoms with E-state index in [0.717, 1.165) is 7.11 Å². The van der Waals surface area contributed by atoms with Gasteiger partial charge < -0.3 is 4.74 Å². The van der Waals surface area contributed by atoms with E-state index in [1.807, 2.05) is 0 Å². The highest BCUT2D eigenvalue weighted by Gasteiger charge is 2.10. The van der Waals surface area contributed by atoms with Crippen molar-refractivity contribution in [3.8, 4) is 0 Å². The lowest BCUT2D eigenvalue weighted by Gasteiger charge is -2.02. The maximum atomic E-state index is 13.2. The molecule has 0 fully saturated rings. The summed E-state index contributed by atoms with van der Waals surface area (Å²) in [5.74, 6) is -1.28. The minimum atomic E-state index is -0.793. The van der Waals surface area contributed by atoms with Crippen LogP contribution in [-0.4, -0.2) is 13.1 Å². The summed E-state index contributed by atoms with van der Waals surface area (Å²) in [6.45, 7) is 0. The van der Waals surface area contributed by atoms with E-state index in [2.05, 4.69) is 30.7 Å². The predicted octanol–water partition coefficient (Wildman–Crippen LogP) is 3.41. The number of rotatable bonds is 3. The highest BCUT2D eigenvalue weighted by molar-refractivity contribution is 9.10. The number of hydrogen-bond donors (Lipinski definition) is 0. The largest absolute Gasteiger partial charge is 0.466 e. The molecule has 7 heteroatoms. The molecule has 88 valence electrons. The van der Waals surface area contributed by atoms with E-state index >= 15 is 0 Å². The van der Waals surface area contributed by atoms with Crippen molar-refractivity contribution in [2.24, 2.45) is 5.11 Å². The number of hydrogen-bond acceptors (Lipinski definition) is 3. The zero-order chi connectivity index (χ0) is 12.8. The van der Waals surface area contributed by atoms with Crippen LogP contribution in [0.3, 0.4) is 0 Å². The zero-order valence-electron chi connectivity index (χ0n) is 8.72. The normalized spacial score (nSPS) is 10.6. The van der Waals surface area contributed by atoms with Crippen LogP contribution < -0.4 is 0 Å². The second-order valence-electron chi connectivity index (χ2n) is 2.85. The van der Waals surface area contributed by atoms with Gasteiger partial charge in [0.15, 0.2) is 0 Å². The lowest BCUT2D eigenvalue weighted by molar-refractivity contribution is -0.136. The van der Waals surface area contributed by atoms with E-state index in [1.54, 1.807) is 6.07 Å². The molecule has 0 atom stereocenters. The number of halogens is 2. The number of esters is 1. The summed E-state index contributed by atoms with van der Waals surface area (Å²) in [5, 5.41) is 3.18. The van der Waals surface area contributed by atoms with Crippen LogP contribution in [0.5, 0.6) is 0 Å². The number of nitrogens with zero attached hydrogens (tertiary/aromatic N) is 3. The summed E-state index contributed by atoms with van der Waals surface area (Å²) >= 11 is 3.02. The summed E-state index contributed by atoms with van der Waals surface area (Å²) < 4.78 is 17.8. The van der Waals surface area contributed by atoms with E-state index in [0.29, 0.717) is 5.56 Å². The highest BCUT2D eigenvalue weighted by atomic mass is 79.9. The summed E-state index contributed by atoms with van der Waals surface area (Å²) in [5.41, 5.74) is 8.43. The fourth-order valence-corrected chi connectivity index (χ4v) is 1.44. The smallest absolute Gasteiger partial charge is 0.340 e. The monoisotopic (exact) mass is 299 g/mol. The van der Waals surface area contributed by atoms with Gasteiger partial charge in [-0.2, -0.15) is 0 Å². The zero-order valence-corrected chi connectivity index (χ0v) is 10.3. The molecule has 0 N–H and O–H groups in total. The van der Waals surface area contributed by atoms with Crippen molar-refractivity contribution in [1.82, 2.24) is 0 Å². The Balaban J connectivity index is 3.26. The Bertz CT molecular complexity index is 524. The Labute approximate surface area is 105 Å². The number of carbonyl (C=O) groups excluding carboxylic acids is 1. The van der Waals surface area contributed by atoms with Crippen molar-refractivity contribution in [2.75, 3.05) is 7.11 Å². The molecule has 0 aliphatic carbocycles. The fourth-order valence-electron chi connectivity index (χ4n) is 1.06. The molecule has 0 aliphatic rings. The van der Waals surface area contributed by atoms with Gasteiger partial charge in [0, 0.05) is 4.91 Å². The minimum absolute atomic E-state index is 0.176. The molecule has 1 aromatic carbocycles. The molecule has 0 amide bonds. The molecule has 0 bridgehead atoms. The third-order valence-electron chi connectivity index (χ3n) is 1.82. The Kier molecular flexibility index (Phi) is 4.68. The van der Waals surface area contributed by atoms with E-state index in [1.165, 1.54) is 18.2 Å². The van der Waals surface area contributed by atoms with Gasteiger partial charge in [0.2, 0.25) is 0 Å². The van der Waals surface area contributed by atoms with Gasteiger partial charge in [0.1, 0.15) is 11.5 Å². The Hall–Kier alpha value is -1.85. The third kappa shape index (κ3) is 3.30. The molecule has 0 heterocycles. The number of azide groups is 1. The predicted molar refractivity (Wildman–Crippen MR) is 63.2 cm³/mol. The summed E-state index contributed by atoms with van der Waals surface area (Å²) in [6, 6.07) is 4.28. The Morgan fingerprint density at radius 1 is 1.65 bits per heavy atom. The molecule has 0 aromatic heterocycles. The standard InChI is InChI=1S/C10H7BrFN3O2/c1-17-10(16)8(14-15-13)5-6-3-2-4-7(12)9(6)11/h2-5H,1H3/b8-5-. The van der Waals surface area contributed by atoms with Crippen LogP contribution in [-0.2, 0) is 9.53 Å². The van der Waals surface area contributed by atoms with Crippen LogP contribution in [0.4, 0.5) is 4.39 Å². The first-order valence-electron chi connectivity index (χ1n) is 4.39. The van der Waals surface area contributed by atoms with Crippen LogP contribution in [0, 0.1) is 5.82 Å². The quantitative estimate of drug-likeness (QED) is 0.282. The van der Waals surface area contributed by atoms with Crippen LogP contribution in [0.2, 0.25) is 0 Å². The second-order valence-corrected chi connectivity index (χ2v) is 3.65. The molecule has 0 aliphatic heterocycles. The maximum absolute atomic E-state index is 13.2. The fraction of sp³-hybridized carbons (Fsp3) is 0.100. The summed E-state index contributed by atoms with van der Waals surface area (Å²) in [6.07, 6.45) is 1.23. The molecule has 5 nitrogen and oxygen atoms in total. The van der Waals surface area contributed by atoms with Crippen molar-refractivity contribution in [3.05, 3.63) is 50.2 Å².